The van der Waals surface area contributed by atoms with Crippen molar-refractivity contribution < 1.29 is 24.2 Å². The van der Waals surface area contributed by atoms with Crippen molar-refractivity contribution in [1.82, 2.24) is 4.90 Å². The molecule has 27 heavy (non-hydrogen) atoms. The lowest BCUT2D eigenvalue weighted by atomic mass is 9.98. The van der Waals surface area contributed by atoms with Crippen molar-refractivity contribution in [3.8, 4) is 5.75 Å². The molecule has 2 aromatic carbocycles. The van der Waals surface area contributed by atoms with Crippen LogP contribution in [0.2, 0.25) is 0 Å². The topological polar surface area (TPSA) is 102 Å². The van der Waals surface area contributed by atoms with Crippen molar-refractivity contribution in [2.45, 2.75) is 12.1 Å². The first-order chi connectivity index (χ1) is 13.1. The number of primary amides is 1. The third-order valence-corrected chi connectivity index (χ3v) is 4.50. The minimum atomic E-state index is -0.619. The van der Waals surface area contributed by atoms with Gasteiger partial charge >= 0.3 is 0 Å². The van der Waals surface area contributed by atoms with E-state index in [1.165, 1.54) is 0 Å². The summed E-state index contributed by atoms with van der Waals surface area (Å²) in [6.45, 7) is 0.272. The molecule has 0 saturated carbocycles. The van der Waals surface area contributed by atoms with Crippen LogP contribution in [0.15, 0.2) is 54.6 Å². The molecule has 0 unspecified atom stereocenters. The summed E-state index contributed by atoms with van der Waals surface area (Å²) < 4.78 is 11.2. The Kier molecular flexibility index (Phi) is 6.05. The molecule has 1 aliphatic heterocycles. The highest BCUT2D eigenvalue weighted by molar-refractivity contribution is 5.95. The van der Waals surface area contributed by atoms with Gasteiger partial charge in [-0.05, 0) is 17.7 Å². The number of ether oxygens (including phenoxy) is 2. The molecule has 1 saturated heterocycles. The Morgan fingerprint density at radius 3 is 2.56 bits per heavy atom. The zero-order chi connectivity index (χ0) is 19.2. The summed E-state index contributed by atoms with van der Waals surface area (Å²) >= 11 is 0. The number of hydrogen-bond donors (Lipinski definition) is 2. The summed E-state index contributed by atoms with van der Waals surface area (Å²) in [6, 6.07) is 15.5. The van der Waals surface area contributed by atoms with Crippen molar-refractivity contribution >= 4 is 11.8 Å². The van der Waals surface area contributed by atoms with Gasteiger partial charge in [-0.25, -0.2) is 0 Å². The van der Waals surface area contributed by atoms with Crippen LogP contribution in [0, 0.1) is 0 Å². The van der Waals surface area contributed by atoms with E-state index < -0.39 is 18.1 Å². The lowest BCUT2D eigenvalue weighted by Gasteiger charge is -2.40. The van der Waals surface area contributed by atoms with Crippen molar-refractivity contribution in [2.24, 2.45) is 5.73 Å². The number of rotatable bonds is 6. The van der Waals surface area contributed by atoms with Crippen molar-refractivity contribution in [2.75, 3.05) is 26.4 Å². The Labute approximate surface area is 157 Å². The van der Waals surface area contributed by atoms with Gasteiger partial charge in [-0.3, -0.25) is 9.59 Å². The Morgan fingerprint density at radius 2 is 1.85 bits per heavy atom. The average molecular weight is 370 g/mol. The van der Waals surface area contributed by atoms with Crippen LogP contribution in [-0.4, -0.2) is 54.3 Å². The monoisotopic (exact) mass is 370 g/mol. The SMILES string of the molecule is NC(=O)c1ccccc1OCC(=O)N1CCO[C@@H](CO)[C@@H]1c1ccccc1. The van der Waals surface area contributed by atoms with Crippen molar-refractivity contribution in [1.29, 1.82) is 0 Å². The van der Waals surface area contributed by atoms with Gasteiger partial charge in [0.15, 0.2) is 6.61 Å². The predicted octanol–water partition coefficient (Wildman–Crippen LogP) is 1.13. The molecule has 0 spiro atoms. The fourth-order valence-electron chi connectivity index (χ4n) is 3.23. The van der Waals surface area contributed by atoms with E-state index in [9.17, 15) is 14.7 Å². The lowest BCUT2D eigenvalue weighted by Crippen LogP contribution is -2.50. The number of para-hydroxylation sites is 1. The van der Waals surface area contributed by atoms with E-state index in [0.717, 1.165) is 5.56 Å². The van der Waals surface area contributed by atoms with Gasteiger partial charge < -0.3 is 25.2 Å². The third kappa shape index (κ3) is 4.27. The molecule has 1 fully saturated rings. The number of carbonyl (C=O) groups is 2. The molecule has 2 amide bonds. The summed E-state index contributed by atoms with van der Waals surface area (Å²) in [5.74, 6) is -0.613. The van der Waals surface area contributed by atoms with Crippen LogP contribution < -0.4 is 10.5 Å². The summed E-state index contributed by atoms with van der Waals surface area (Å²) in [4.78, 5) is 26.0. The smallest absolute Gasteiger partial charge is 0.261 e. The molecule has 0 aliphatic carbocycles. The van der Waals surface area contributed by atoms with E-state index in [-0.39, 0.29) is 30.4 Å². The Balaban J connectivity index is 1.77. The molecule has 3 rings (SSSR count). The first kappa shape index (κ1) is 18.9. The van der Waals surface area contributed by atoms with E-state index in [0.29, 0.717) is 13.2 Å². The molecule has 1 aliphatic rings. The predicted molar refractivity (Wildman–Crippen MR) is 98.2 cm³/mol. The largest absolute Gasteiger partial charge is 0.483 e. The standard InChI is InChI=1S/C20H22N2O5/c21-20(25)15-8-4-5-9-16(15)27-13-18(24)22-10-11-26-17(12-23)19(22)14-6-2-1-3-7-14/h1-9,17,19,23H,10-13H2,(H2,21,25)/t17-,19-/m0/s1. The van der Waals surface area contributed by atoms with Crippen LogP contribution in [0.3, 0.4) is 0 Å². The molecule has 142 valence electrons. The molecular weight excluding hydrogens is 348 g/mol. The number of nitrogens with two attached hydrogens (primary N) is 1. The van der Waals surface area contributed by atoms with Crippen LogP contribution in [-0.2, 0) is 9.53 Å². The van der Waals surface area contributed by atoms with Crippen molar-refractivity contribution in [3.05, 3.63) is 65.7 Å². The second kappa shape index (κ2) is 8.66. The molecule has 2 aromatic rings. The fourth-order valence-corrected chi connectivity index (χ4v) is 3.23. The maximum absolute atomic E-state index is 12.8. The van der Waals surface area contributed by atoms with Gasteiger partial charge in [-0.2, -0.15) is 0 Å². The van der Waals surface area contributed by atoms with Crippen LogP contribution in [0.4, 0.5) is 0 Å². The number of hydrogen-bond acceptors (Lipinski definition) is 5. The number of morpholine rings is 1. The van der Waals surface area contributed by atoms with E-state index in [4.69, 9.17) is 15.2 Å². The fraction of sp³-hybridized carbons (Fsp3) is 0.300. The molecule has 7 heteroatoms. The second-order valence-corrected chi connectivity index (χ2v) is 6.18. The summed E-state index contributed by atoms with van der Waals surface area (Å²) in [5.41, 5.74) is 6.44. The third-order valence-electron chi connectivity index (χ3n) is 4.50. The molecule has 0 bridgehead atoms. The van der Waals surface area contributed by atoms with Gasteiger partial charge in [0.2, 0.25) is 0 Å². The van der Waals surface area contributed by atoms with Gasteiger partial charge in [0.05, 0.1) is 24.8 Å². The van der Waals surface area contributed by atoms with Gasteiger partial charge in [-0.15, -0.1) is 0 Å². The van der Waals surface area contributed by atoms with Gasteiger partial charge in [0.1, 0.15) is 11.9 Å². The molecule has 2 atom stereocenters. The van der Waals surface area contributed by atoms with Crippen LogP contribution in [0.5, 0.6) is 5.75 Å². The van der Waals surface area contributed by atoms with E-state index in [1.807, 2.05) is 30.3 Å². The average Bonchev–Trinajstić information content (AvgIpc) is 2.72. The Morgan fingerprint density at radius 1 is 1.15 bits per heavy atom. The minimum absolute atomic E-state index is 0.200. The van der Waals surface area contributed by atoms with E-state index in [1.54, 1.807) is 29.2 Å². The molecule has 0 radical (unpaired) electrons. The van der Waals surface area contributed by atoms with E-state index in [2.05, 4.69) is 0 Å². The highest BCUT2D eigenvalue weighted by Crippen LogP contribution is 2.29. The number of aliphatic hydroxyl groups is 1. The maximum Gasteiger partial charge on any atom is 0.261 e. The Bertz CT molecular complexity index is 796. The maximum atomic E-state index is 12.8. The zero-order valence-corrected chi connectivity index (χ0v) is 14.8. The number of aliphatic hydroxyl groups excluding tert-OH is 1. The summed E-state index contributed by atoms with van der Waals surface area (Å²) in [7, 11) is 0. The lowest BCUT2D eigenvalue weighted by molar-refractivity contribution is -0.152. The number of nitrogens with zero attached hydrogens (tertiary/aromatic N) is 1. The second-order valence-electron chi connectivity index (χ2n) is 6.18. The highest BCUT2D eigenvalue weighted by Gasteiger charge is 2.36. The normalized spacial score (nSPS) is 19.5. The van der Waals surface area contributed by atoms with Crippen LogP contribution >= 0.6 is 0 Å². The van der Waals surface area contributed by atoms with Gasteiger partial charge in [0, 0.05) is 6.54 Å². The van der Waals surface area contributed by atoms with Crippen molar-refractivity contribution in [3.63, 3.8) is 0 Å². The molecule has 7 nitrogen and oxygen atoms in total. The first-order valence-electron chi connectivity index (χ1n) is 8.70. The molecule has 3 N–H and O–H groups in total. The summed E-state index contributed by atoms with van der Waals surface area (Å²) in [6.07, 6.45) is -0.511. The summed E-state index contributed by atoms with van der Waals surface area (Å²) in [5, 5.41) is 9.68. The molecular formula is C20H22N2O5. The molecule has 1 heterocycles. The quantitative estimate of drug-likeness (QED) is 0.793. The number of amides is 2. The van der Waals surface area contributed by atoms with Gasteiger partial charge in [-0.1, -0.05) is 42.5 Å². The van der Waals surface area contributed by atoms with Gasteiger partial charge in [0.25, 0.3) is 11.8 Å². The highest BCUT2D eigenvalue weighted by atomic mass is 16.5. The first-order valence-corrected chi connectivity index (χ1v) is 8.70. The number of carbonyl (C=O) groups excluding carboxylic acids is 2. The minimum Gasteiger partial charge on any atom is -0.483 e. The van der Waals surface area contributed by atoms with Crippen LogP contribution in [0.25, 0.3) is 0 Å². The molecule has 0 aromatic heterocycles. The Hall–Kier alpha value is -2.90. The van der Waals surface area contributed by atoms with Crippen LogP contribution in [0.1, 0.15) is 22.0 Å². The number of benzene rings is 2. The zero-order valence-electron chi connectivity index (χ0n) is 14.8. The van der Waals surface area contributed by atoms with E-state index >= 15 is 0 Å².